The van der Waals surface area contributed by atoms with Crippen molar-refractivity contribution in [3.05, 3.63) is 30.1 Å². The molecule has 1 rings (SSSR count). The number of carbonyl (C=O) groups excluding carboxylic acids is 1. The molecule has 2 nitrogen and oxygen atoms in total. The summed E-state index contributed by atoms with van der Waals surface area (Å²) in [6, 6.07) is 5.96. The first-order valence-corrected chi connectivity index (χ1v) is 5.01. The van der Waals surface area contributed by atoms with Crippen molar-refractivity contribution in [2.75, 3.05) is 0 Å². The summed E-state index contributed by atoms with van der Waals surface area (Å²) >= 11 is 0. The predicted molar refractivity (Wildman–Crippen MR) is 56.0 cm³/mol. The normalized spacial score (nSPS) is 11.4. The molecule has 0 aliphatic carbocycles. The highest BCUT2D eigenvalue weighted by Gasteiger charge is 2.36. The number of nitrogens with zero attached hydrogens (tertiary/aromatic N) is 1. The van der Waals surface area contributed by atoms with Gasteiger partial charge in [-0.05, 0) is 0 Å². The maximum atomic E-state index is 11.8. The molecule has 0 aliphatic heterocycles. The molecule has 76 valence electrons. The fourth-order valence-corrected chi connectivity index (χ4v) is 1.72. The molecule has 0 N–H and O–H groups in total. The molecule has 1 aromatic heterocycles. The number of Topliss-reactive ketones (excluding diaryl/α,β-unsaturated/α-hetero) is 1. The quantitative estimate of drug-likeness (QED) is 0.671. The van der Waals surface area contributed by atoms with Crippen LogP contribution in [0.3, 0.4) is 0 Å². The summed E-state index contributed by atoms with van der Waals surface area (Å²) in [7, 11) is 0. The minimum atomic E-state index is -0.430. The van der Waals surface area contributed by atoms with E-state index in [1.807, 2.05) is 56.7 Å². The third kappa shape index (κ3) is 1.84. The van der Waals surface area contributed by atoms with E-state index in [4.69, 9.17) is 0 Å². The van der Waals surface area contributed by atoms with Crippen LogP contribution in [0.25, 0.3) is 0 Å². The first-order valence-electron chi connectivity index (χ1n) is 5.01. The molecule has 0 aliphatic rings. The summed E-state index contributed by atoms with van der Waals surface area (Å²) < 4.78 is 2.03. The van der Waals surface area contributed by atoms with Crippen molar-refractivity contribution in [1.82, 2.24) is 0 Å². The standard InChI is InChI=1S/C12H18NO/c1-5-11(14)12(3,4)13-9-7-6-8-10(13)2/h6-9H,5H2,1-4H3/q+1. The Hall–Kier alpha value is -1.18. The van der Waals surface area contributed by atoms with Crippen LogP contribution in [0.5, 0.6) is 0 Å². The number of aryl methyl sites for hydroxylation is 1. The number of ketones is 1. The van der Waals surface area contributed by atoms with Crippen molar-refractivity contribution in [2.24, 2.45) is 0 Å². The minimum absolute atomic E-state index is 0.261. The van der Waals surface area contributed by atoms with Gasteiger partial charge in [0.2, 0.25) is 11.3 Å². The van der Waals surface area contributed by atoms with E-state index in [9.17, 15) is 4.79 Å². The van der Waals surface area contributed by atoms with E-state index in [0.29, 0.717) is 6.42 Å². The molecule has 14 heavy (non-hydrogen) atoms. The monoisotopic (exact) mass is 192 g/mol. The summed E-state index contributed by atoms with van der Waals surface area (Å²) in [6.45, 7) is 7.85. The lowest BCUT2D eigenvalue weighted by molar-refractivity contribution is -0.747. The molecule has 2 heteroatoms. The van der Waals surface area contributed by atoms with E-state index in [0.717, 1.165) is 5.69 Å². The molecular formula is C12H18NO+. The largest absolute Gasteiger partial charge is 0.292 e. The van der Waals surface area contributed by atoms with E-state index in [1.165, 1.54) is 0 Å². The van der Waals surface area contributed by atoms with Gasteiger partial charge in [0.25, 0.3) is 0 Å². The first-order chi connectivity index (χ1) is 6.50. The molecule has 1 heterocycles. The topological polar surface area (TPSA) is 20.9 Å². The Balaban J connectivity index is 3.16. The van der Waals surface area contributed by atoms with Gasteiger partial charge in [-0.3, -0.25) is 4.79 Å². The van der Waals surface area contributed by atoms with Gasteiger partial charge in [-0.15, -0.1) is 0 Å². The van der Waals surface area contributed by atoms with Crippen LogP contribution in [-0.2, 0) is 10.3 Å². The van der Waals surface area contributed by atoms with Crippen LogP contribution in [0.15, 0.2) is 24.4 Å². The third-order valence-electron chi connectivity index (χ3n) is 2.67. The molecule has 0 spiro atoms. The van der Waals surface area contributed by atoms with E-state index in [2.05, 4.69) is 0 Å². The fraction of sp³-hybridized carbons (Fsp3) is 0.500. The summed E-state index contributed by atoms with van der Waals surface area (Å²) in [5.41, 5.74) is 0.680. The van der Waals surface area contributed by atoms with E-state index in [-0.39, 0.29) is 5.78 Å². The van der Waals surface area contributed by atoms with Gasteiger partial charge in [0.1, 0.15) is 0 Å². The second-order valence-electron chi connectivity index (χ2n) is 4.05. The van der Waals surface area contributed by atoms with Crippen LogP contribution in [0.1, 0.15) is 32.9 Å². The maximum Gasteiger partial charge on any atom is 0.220 e. The molecule has 0 saturated heterocycles. The number of pyridine rings is 1. The van der Waals surface area contributed by atoms with E-state index in [1.54, 1.807) is 0 Å². The first kappa shape index (κ1) is 10.9. The van der Waals surface area contributed by atoms with Gasteiger partial charge >= 0.3 is 0 Å². The molecule has 0 saturated carbocycles. The Morgan fingerprint density at radius 3 is 2.57 bits per heavy atom. The van der Waals surface area contributed by atoms with Crippen molar-refractivity contribution in [3.8, 4) is 0 Å². The number of hydrogen-bond donors (Lipinski definition) is 0. The summed E-state index contributed by atoms with van der Waals surface area (Å²) in [4.78, 5) is 11.8. The van der Waals surface area contributed by atoms with Gasteiger partial charge in [0.15, 0.2) is 11.9 Å². The van der Waals surface area contributed by atoms with Crippen LogP contribution >= 0.6 is 0 Å². The Morgan fingerprint density at radius 1 is 1.43 bits per heavy atom. The Bertz CT molecular complexity index is 342. The SMILES string of the molecule is CCC(=O)C(C)(C)[n+]1ccccc1C. The highest BCUT2D eigenvalue weighted by atomic mass is 16.1. The molecule has 0 amide bonds. The Kier molecular flexibility index (Phi) is 3.04. The third-order valence-corrected chi connectivity index (χ3v) is 2.67. The molecular weight excluding hydrogens is 174 g/mol. The second kappa shape index (κ2) is 3.91. The van der Waals surface area contributed by atoms with Crippen molar-refractivity contribution < 1.29 is 9.36 Å². The minimum Gasteiger partial charge on any atom is -0.292 e. The summed E-state index contributed by atoms with van der Waals surface area (Å²) in [5, 5.41) is 0. The number of rotatable bonds is 3. The molecule has 1 aromatic rings. The van der Waals surface area contributed by atoms with Gasteiger partial charge in [-0.25, -0.2) is 0 Å². The van der Waals surface area contributed by atoms with Crippen molar-refractivity contribution >= 4 is 5.78 Å². The van der Waals surface area contributed by atoms with Gasteiger partial charge in [0.05, 0.1) is 0 Å². The molecule has 0 radical (unpaired) electrons. The van der Waals surface area contributed by atoms with Crippen molar-refractivity contribution in [3.63, 3.8) is 0 Å². The molecule has 0 bridgehead atoms. The lowest BCUT2D eigenvalue weighted by Crippen LogP contribution is -2.58. The summed E-state index contributed by atoms with van der Waals surface area (Å²) in [5.74, 6) is 0.261. The van der Waals surface area contributed by atoms with Crippen LogP contribution in [0.2, 0.25) is 0 Å². The van der Waals surface area contributed by atoms with E-state index >= 15 is 0 Å². The molecule has 0 aromatic carbocycles. The zero-order valence-corrected chi connectivity index (χ0v) is 9.37. The Labute approximate surface area is 85.6 Å². The molecule has 0 fully saturated rings. The van der Waals surface area contributed by atoms with Crippen LogP contribution < -0.4 is 4.57 Å². The van der Waals surface area contributed by atoms with E-state index < -0.39 is 5.54 Å². The second-order valence-corrected chi connectivity index (χ2v) is 4.05. The van der Waals surface area contributed by atoms with Gasteiger partial charge < -0.3 is 0 Å². The predicted octanol–water partition coefficient (Wildman–Crippen LogP) is 2.00. The van der Waals surface area contributed by atoms with Crippen LogP contribution in [-0.4, -0.2) is 5.78 Å². The summed E-state index contributed by atoms with van der Waals surface area (Å²) in [6.07, 6.45) is 2.54. The lowest BCUT2D eigenvalue weighted by Gasteiger charge is -2.18. The Morgan fingerprint density at radius 2 is 2.07 bits per heavy atom. The maximum absolute atomic E-state index is 11.8. The number of aromatic nitrogens is 1. The highest BCUT2D eigenvalue weighted by Crippen LogP contribution is 2.11. The van der Waals surface area contributed by atoms with Gasteiger partial charge in [-0.2, -0.15) is 4.57 Å². The van der Waals surface area contributed by atoms with Crippen LogP contribution in [0, 0.1) is 6.92 Å². The molecule has 0 unspecified atom stereocenters. The highest BCUT2D eigenvalue weighted by molar-refractivity contribution is 5.83. The van der Waals surface area contributed by atoms with Gasteiger partial charge in [-0.1, -0.05) is 13.0 Å². The van der Waals surface area contributed by atoms with Gasteiger partial charge in [0, 0.05) is 39.3 Å². The lowest BCUT2D eigenvalue weighted by atomic mass is 9.96. The van der Waals surface area contributed by atoms with Crippen molar-refractivity contribution in [2.45, 2.75) is 39.7 Å². The van der Waals surface area contributed by atoms with Crippen molar-refractivity contribution in [1.29, 1.82) is 0 Å². The average molecular weight is 192 g/mol. The number of hydrogen-bond acceptors (Lipinski definition) is 1. The van der Waals surface area contributed by atoms with Crippen LogP contribution in [0.4, 0.5) is 0 Å². The fourth-order valence-electron chi connectivity index (χ4n) is 1.72. The number of carbonyl (C=O) groups is 1. The smallest absolute Gasteiger partial charge is 0.220 e. The zero-order chi connectivity index (χ0) is 10.8. The molecule has 0 atom stereocenters. The average Bonchev–Trinajstić information content (AvgIpc) is 2.17. The zero-order valence-electron chi connectivity index (χ0n) is 9.37.